The molecule has 2 amide bonds. The lowest BCUT2D eigenvalue weighted by atomic mass is 10.3. The molecule has 0 radical (unpaired) electrons. The molecule has 0 heterocycles. The van der Waals surface area contributed by atoms with E-state index in [9.17, 15) is 9.59 Å². The van der Waals surface area contributed by atoms with Crippen LogP contribution in [0.1, 0.15) is 20.3 Å². The van der Waals surface area contributed by atoms with Gasteiger partial charge in [0.1, 0.15) is 17.5 Å². The van der Waals surface area contributed by atoms with Gasteiger partial charge in [0.05, 0.1) is 7.11 Å². The van der Waals surface area contributed by atoms with Gasteiger partial charge in [-0.3, -0.25) is 9.59 Å². The Balaban J connectivity index is 2.34. The Morgan fingerprint density at radius 3 is 2.38 bits per heavy atom. The van der Waals surface area contributed by atoms with Crippen LogP contribution in [0, 0.1) is 0 Å². The first-order chi connectivity index (χ1) is 10.1. The Hall–Kier alpha value is -2.24. The summed E-state index contributed by atoms with van der Waals surface area (Å²) < 4.78 is 10.4. The van der Waals surface area contributed by atoms with Crippen LogP contribution in [0.4, 0.5) is 0 Å². The molecule has 6 heteroatoms. The quantitative estimate of drug-likeness (QED) is 0.753. The number of methoxy groups -OCH3 is 1. The Kier molecular flexibility index (Phi) is 7.08. The highest BCUT2D eigenvalue weighted by Gasteiger charge is 2.15. The Bertz CT molecular complexity index is 459. The van der Waals surface area contributed by atoms with E-state index in [1.54, 1.807) is 38.3 Å². The third-order valence-electron chi connectivity index (χ3n) is 2.75. The van der Waals surface area contributed by atoms with Crippen LogP contribution in [-0.4, -0.2) is 38.1 Å². The van der Waals surface area contributed by atoms with Crippen LogP contribution in [0.5, 0.6) is 11.5 Å². The standard InChI is InChI=1S/C15H22N2O4/c1-4-9-16-15(19)11(2)17-14(18)10-21-13-7-5-12(20-3)6-8-13/h5-8,11H,4,9-10H2,1-3H3,(H,16,19)(H,17,18)/t11-/m0/s1. The zero-order valence-corrected chi connectivity index (χ0v) is 12.6. The lowest BCUT2D eigenvalue weighted by Gasteiger charge is -2.14. The number of amides is 2. The summed E-state index contributed by atoms with van der Waals surface area (Å²) in [5.74, 6) is 0.738. The molecule has 0 fully saturated rings. The van der Waals surface area contributed by atoms with Crippen molar-refractivity contribution in [1.29, 1.82) is 0 Å². The molecule has 1 atom stereocenters. The highest BCUT2D eigenvalue weighted by Crippen LogP contribution is 2.16. The minimum atomic E-state index is -0.580. The topological polar surface area (TPSA) is 76.7 Å². The Labute approximate surface area is 124 Å². The molecule has 1 rings (SSSR count). The van der Waals surface area contributed by atoms with Gasteiger partial charge in [-0.05, 0) is 37.6 Å². The molecule has 0 unspecified atom stereocenters. The monoisotopic (exact) mass is 294 g/mol. The van der Waals surface area contributed by atoms with Crippen molar-refractivity contribution in [3.8, 4) is 11.5 Å². The van der Waals surface area contributed by atoms with Crippen LogP contribution in [0.15, 0.2) is 24.3 Å². The number of carbonyl (C=O) groups excluding carboxylic acids is 2. The fraction of sp³-hybridized carbons (Fsp3) is 0.467. The maximum atomic E-state index is 11.7. The maximum absolute atomic E-state index is 11.7. The first-order valence-corrected chi connectivity index (χ1v) is 6.90. The molecule has 0 saturated carbocycles. The largest absolute Gasteiger partial charge is 0.497 e. The summed E-state index contributed by atoms with van der Waals surface area (Å²) >= 11 is 0. The van der Waals surface area contributed by atoms with Crippen molar-refractivity contribution in [2.24, 2.45) is 0 Å². The van der Waals surface area contributed by atoms with E-state index in [0.717, 1.165) is 6.42 Å². The normalized spacial score (nSPS) is 11.4. The molecule has 0 aliphatic carbocycles. The highest BCUT2D eigenvalue weighted by atomic mass is 16.5. The van der Waals surface area contributed by atoms with Gasteiger partial charge in [0.2, 0.25) is 5.91 Å². The Morgan fingerprint density at radius 2 is 1.81 bits per heavy atom. The average molecular weight is 294 g/mol. The van der Waals surface area contributed by atoms with E-state index < -0.39 is 6.04 Å². The van der Waals surface area contributed by atoms with E-state index in [2.05, 4.69) is 10.6 Å². The number of ether oxygens (including phenoxy) is 2. The lowest BCUT2D eigenvalue weighted by molar-refractivity contribution is -0.129. The second kappa shape index (κ2) is 8.84. The summed E-state index contributed by atoms with van der Waals surface area (Å²) in [6, 6.07) is 6.33. The van der Waals surface area contributed by atoms with Crippen molar-refractivity contribution in [1.82, 2.24) is 10.6 Å². The first kappa shape index (κ1) is 16.8. The predicted octanol–water partition coefficient (Wildman–Crippen LogP) is 1.10. The van der Waals surface area contributed by atoms with Crippen molar-refractivity contribution in [2.75, 3.05) is 20.3 Å². The van der Waals surface area contributed by atoms with E-state index in [4.69, 9.17) is 9.47 Å². The van der Waals surface area contributed by atoms with E-state index in [-0.39, 0.29) is 18.4 Å². The number of nitrogens with one attached hydrogen (secondary N) is 2. The molecular formula is C15H22N2O4. The van der Waals surface area contributed by atoms with Gasteiger partial charge in [0, 0.05) is 6.54 Å². The third-order valence-corrected chi connectivity index (χ3v) is 2.75. The highest BCUT2D eigenvalue weighted by molar-refractivity contribution is 5.87. The fourth-order valence-corrected chi connectivity index (χ4v) is 1.57. The smallest absolute Gasteiger partial charge is 0.258 e. The summed E-state index contributed by atoms with van der Waals surface area (Å²) in [5.41, 5.74) is 0. The molecule has 1 aromatic carbocycles. The zero-order chi connectivity index (χ0) is 15.7. The van der Waals surface area contributed by atoms with Gasteiger partial charge in [-0.25, -0.2) is 0 Å². The first-order valence-electron chi connectivity index (χ1n) is 6.90. The number of benzene rings is 1. The van der Waals surface area contributed by atoms with Crippen molar-refractivity contribution in [3.05, 3.63) is 24.3 Å². The molecular weight excluding hydrogens is 272 g/mol. The second-order valence-electron chi connectivity index (χ2n) is 4.54. The molecule has 2 N–H and O–H groups in total. The van der Waals surface area contributed by atoms with Crippen LogP contribution in [0.25, 0.3) is 0 Å². The van der Waals surface area contributed by atoms with Gasteiger partial charge in [0.15, 0.2) is 6.61 Å². The number of rotatable bonds is 8. The van der Waals surface area contributed by atoms with Crippen molar-refractivity contribution in [2.45, 2.75) is 26.3 Å². The third kappa shape index (κ3) is 6.16. The molecule has 116 valence electrons. The van der Waals surface area contributed by atoms with Gasteiger partial charge < -0.3 is 20.1 Å². The molecule has 0 saturated heterocycles. The number of hydrogen-bond acceptors (Lipinski definition) is 4. The van der Waals surface area contributed by atoms with Crippen LogP contribution < -0.4 is 20.1 Å². The van der Waals surface area contributed by atoms with Crippen molar-refractivity contribution in [3.63, 3.8) is 0 Å². The molecule has 6 nitrogen and oxygen atoms in total. The van der Waals surface area contributed by atoms with Crippen molar-refractivity contribution < 1.29 is 19.1 Å². The molecule has 1 aromatic rings. The summed E-state index contributed by atoms with van der Waals surface area (Å²) in [7, 11) is 1.58. The predicted molar refractivity (Wildman–Crippen MR) is 79.4 cm³/mol. The lowest BCUT2D eigenvalue weighted by Crippen LogP contribution is -2.46. The second-order valence-corrected chi connectivity index (χ2v) is 4.54. The molecule has 0 aromatic heterocycles. The Morgan fingerprint density at radius 1 is 1.19 bits per heavy atom. The minimum Gasteiger partial charge on any atom is -0.497 e. The van der Waals surface area contributed by atoms with Crippen molar-refractivity contribution >= 4 is 11.8 Å². The van der Waals surface area contributed by atoms with Crippen LogP contribution in [0.2, 0.25) is 0 Å². The SMILES string of the molecule is CCCNC(=O)[C@H](C)NC(=O)COc1ccc(OC)cc1. The fourth-order valence-electron chi connectivity index (χ4n) is 1.57. The van der Waals surface area contributed by atoms with Crippen LogP contribution in [-0.2, 0) is 9.59 Å². The van der Waals surface area contributed by atoms with Gasteiger partial charge in [-0.15, -0.1) is 0 Å². The van der Waals surface area contributed by atoms with Gasteiger partial charge in [-0.1, -0.05) is 6.92 Å². The van der Waals surface area contributed by atoms with E-state index in [1.807, 2.05) is 6.92 Å². The van der Waals surface area contributed by atoms with E-state index in [0.29, 0.717) is 18.0 Å². The average Bonchev–Trinajstić information content (AvgIpc) is 2.50. The van der Waals surface area contributed by atoms with E-state index in [1.165, 1.54) is 0 Å². The number of hydrogen-bond donors (Lipinski definition) is 2. The zero-order valence-electron chi connectivity index (χ0n) is 12.6. The van der Waals surface area contributed by atoms with E-state index >= 15 is 0 Å². The van der Waals surface area contributed by atoms with Crippen LogP contribution >= 0.6 is 0 Å². The molecule has 0 aliphatic rings. The maximum Gasteiger partial charge on any atom is 0.258 e. The van der Waals surface area contributed by atoms with Gasteiger partial charge in [0.25, 0.3) is 5.91 Å². The summed E-state index contributed by atoms with van der Waals surface area (Å²) in [4.78, 5) is 23.3. The molecule has 0 bridgehead atoms. The molecule has 21 heavy (non-hydrogen) atoms. The molecule has 0 aliphatic heterocycles. The van der Waals surface area contributed by atoms with Gasteiger partial charge in [-0.2, -0.15) is 0 Å². The summed E-state index contributed by atoms with van der Waals surface area (Å²) in [6.45, 7) is 4.06. The summed E-state index contributed by atoms with van der Waals surface area (Å²) in [5, 5.41) is 5.30. The summed E-state index contributed by atoms with van der Waals surface area (Å²) in [6.07, 6.45) is 0.854. The van der Waals surface area contributed by atoms with Crippen LogP contribution in [0.3, 0.4) is 0 Å². The molecule has 0 spiro atoms. The minimum absolute atomic E-state index is 0.141. The number of carbonyl (C=O) groups is 2. The van der Waals surface area contributed by atoms with Gasteiger partial charge >= 0.3 is 0 Å².